The molecule has 4 rings (SSSR count). The van der Waals surface area contributed by atoms with Gasteiger partial charge in [0, 0.05) is 10.6 Å². The molecule has 4 aromatic rings. The van der Waals surface area contributed by atoms with Crippen molar-refractivity contribution in [3.8, 4) is 11.3 Å². The van der Waals surface area contributed by atoms with Gasteiger partial charge in [-0.2, -0.15) is 0 Å². The van der Waals surface area contributed by atoms with Crippen molar-refractivity contribution in [2.75, 3.05) is 0 Å². The van der Waals surface area contributed by atoms with Crippen molar-refractivity contribution in [3.63, 3.8) is 0 Å². The molecule has 0 bridgehead atoms. The molecular formula is C18H13ClN2O. The monoisotopic (exact) mass is 308 g/mol. The van der Waals surface area contributed by atoms with Crippen LogP contribution in [0.15, 0.2) is 60.7 Å². The number of benzene rings is 2. The molecule has 1 N–H and O–H groups in total. The number of aromatic nitrogens is 2. The Morgan fingerprint density at radius 2 is 1.73 bits per heavy atom. The number of fused-ring (bicyclic) bond motifs is 3. The van der Waals surface area contributed by atoms with Crippen LogP contribution in [0.1, 0.15) is 5.69 Å². The number of imidazole rings is 1. The van der Waals surface area contributed by atoms with Crippen LogP contribution in [0.5, 0.6) is 0 Å². The predicted octanol–water partition coefficient (Wildman–Crippen LogP) is 4.30. The van der Waals surface area contributed by atoms with E-state index in [-0.39, 0.29) is 6.61 Å². The zero-order chi connectivity index (χ0) is 15.1. The SMILES string of the molecule is OCc1c(-c2ccc(Cl)cc2)nc2ccc3ccccc3n12. The van der Waals surface area contributed by atoms with Crippen molar-refractivity contribution in [2.24, 2.45) is 0 Å². The Balaban J connectivity index is 2.08. The summed E-state index contributed by atoms with van der Waals surface area (Å²) in [6, 6.07) is 19.6. The number of aliphatic hydroxyl groups is 1. The number of pyridine rings is 1. The van der Waals surface area contributed by atoms with Crippen LogP contribution in [0.3, 0.4) is 0 Å². The van der Waals surface area contributed by atoms with Gasteiger partial charge in [-0.1, -0.05) is 41.9 Å². The standard InChI is InChI=1S/C18H13ClN2O/c19-14-8-5-13(6-9-14)18-16(11-22)21-15-4-2-1-3-12(15)7-10-17(21)20-18/h1-10,22H,11H2. The Morgan fingerprint density at radius 3 is 2.50 bits per heavy atom. The minimum Gasteiger partial charge on any atom is -0.390 e. The second-order valence-corrected chi connectivity index (χ2v) is 5.59. The summed E-state index contributed by atoms with van der Waals surface area (Å²) >= 11 is 5.95. The number of para-hydroxylation sites is 1. The maximum atomic E-state index is 9.89. The lowest BCUT2D eigenvalue weighted by Crippen LogP contribution is -1.96. The highest BCUT2D eigenvalue weighted by molar-refractivity contribution is 6.30. The van der Waals surface area contributed by atoms with Crippen molar-refractivity contribution in [1.29, 1.82) is 0 Å². The van der Waals surface area contributed by atoms with Gasteiger partial charge in [0.15, 0.2) is 0 Å². The van der Waals surface area contributed by atoms with Gasteiger partial charge in [0.05, 0.1) is 23.5 Å². The highest BCUT2D eigenvalue weighted by Crippen LogP contribution is 2.28. The van der Waals surface area contributed by atoms with Crippen LogP contribution in [-0.4, -0.2) is 14.5 Å². The molecular weight excluding hydrogens is 296 g/mol. The average Bonchev–Trinajstić information content (AvgIpc) is 2.94. The van der Waals surface area contributed by atoms with Gasteiger partial charge in [0.1, 0.15) is 5.65 Å². The van der Waals surface area contributed by atoms with Gasteiger partial charge in [-0.25, -0.2) is 4.98 Å². The van der Waals surface area contributed by atoms with Gasteiger partial charge in [-0.3, -0.25) is 4.40 Å². The second kappa shape index (κ2) is 5.13. The van der Waals surface area contributed by atoms with Gasteiger partial charge in [0.2, 0.25) is 0 Å². The Bertz CT molecular complexity index is 974. The van der Waals surface area contributed by atoms with Crippen LogP contribution in [0.25, 0.3) is 27.8 Å². The summed E-state index contributed by atoms with van der Waals surface area (Å²) in [5.41, 5.74) is 4.38. The van der Waals surface area contributed by atoms with Gasteiger partial charge in [0.25, 0.3) is 0 Å². The topological polar surface area (TPSA) is 37.5 Å². The lowest BCUT2D eigenvalue weighted by molar-refractivity contribution is 0.277. The smallest absolute Gasteiger partial charge is 0.138 e. The zero-order valence-corrected chi connectivity index (χ0v) is 12.5. The summed E-state index contributed by atoms with van der Waals surface area (Å²) in [6.07, 6.45) is 0. The Labute approximate surface area is 132 Å². The summed E-state index contributed by atoms with van der Waals surface area (Å²) < 4.78 is 2.01. The van der Waals surface area contributed by atoms with Crippen molar-refractivity contribution in [2.45, 2.75) is 6.61 Å². The van der Waals surface area contributed by atoms with Crippen LogP contribution in [0, 0.1) is 0 Å². The molecule has 22 heavy (non-hydrogen) atoms. The van der Waals surface area contributed by atoms with Crippen molar-refractivity contribution in [1.82, 2.24) is 9.38 Å². The van der Waals surface area contributed by atoms with E-state index in [0.717, 1.165) is 33.5 Å². The van der Waals surface area contributed by atoms with E-state index in [1.54, 1.807) is 0 Å². The lowest BCUT2D eigenvalue weighted by Gasteiger charge is -2.05. The Hall–Kier alpha value is -2.36. The molecule has 2 heterocycles. The van der Waals surface area contributed by atoms with Gasteiger partial charge >= 0.3 is 0 Å². The minimum atomic E-state index is -0.0763. The fourth-order valence-electron chi connectivity index (χ4n) is 2.83. The third-order valence-corrected chi connectivity index (χ3v) is 4.11. The highest BCUT2D eigenvalue weighted by Gasteiger charge is 2.15. The summed E-state index contributed by atoms with van der Waals surface area (Å²) in [4.78, 5) is 4.69. The van der Waals surface area contributed by atoms with E-state index in [0.29, 0.717) is 5.02 Å². The first-order valence-corrected chi connectivity index (χ1v) is 7.41. The summed E-state index contributed by atoms with van der Waals surface area (Å²) in [6.45, 7) is -0.0763. The zero-order valence-electron chi connectivity index (χ0n) is 11.7. The molecule has 0 aliphatic rings. The van der Waals surface area contributed by atoms with Gasteiger partial charge in [-0.15, -0.1) is 0 Å². The molecule has 0 unspecified atom stereocenters. The van der Waals surface area contributed by atoms with E-state index in [4.69, 9.17) is 16.6 Å². The first kappa shape index (κ1) is 13.3. The number of aliphatic hydroxyl groups excluding tert-OH is 1. The maximum absolute atomic E-state index is 9.89. The van der Waals surface area contributed by atoms with Gasteiger partial charge in [-0.05, 0) is 35.7 Å². The number of halogens is 1. The highest BCUT2D eigenvalue weighted by atomic mass is 35.5. The molecule has 0 spiro atoms. The first-order valence-electron chi connectivity index (χ1n) is 7.04. The second-order valence-electron chi connectivity index (χ2n) is 5.16. The van der Waals surface area contributed by atoms with Gasteiger partial charge < -0.3 is 5.11 Å². The summed E-state index contributed by atoms with van der Waals surface area (Å²) in [5, 5.41) is 11.7. The fraction of sp³-hybridized carbons (Fsp3) is 0.0556. The number of nitrogens with zero attached hydrogens (tertiary/aromatic N) is 2. The van der Waals surface area contributed by atoms with E-state index in [1.807, 2.05) is 59.0 Å². The Morgan fingerprint density at radius 1 is 0.955 bits per heavy atom. The molecule has 0 saturated heterocycles. The molecule has 0 saturated carbocycles. The molecule has 3 nitrogen and oxygen atoms in total. The number of rotatable bonds is 2. The van der Waals surface area contributed by atoms with Crippen molar-refractivity contribution >= 4 is 28.2 Å². The van der Waals surface area contributed by atoms with Crippen LogP contribution >= 0.6 is 11.6 Å². The quantitative estimate of drug-likeness (QED) is 0.599. The third kappa shape index (κ3) is 1.98. The molecule has 0 aliphatic heterocycles. The molecule has 0 atom stereocenters. The van der Waals surface area contributed by atoms with E-state index in [1.165, 1.54) is 0 Å². The minimum absolute atomic E-state index is 0.0763. The average molecular weight is 309 g/mol. The predicted molar refractivity (Wildman–Crippen MR) is 89.1 cm³/mol. The van der Waals surface area contributed by atoms with E-state index in [9.17, 15) is 5.11 Å². The largest absolute Gasteiger partial charge is 0.390 e. The summed E-state index contributed by atoms with van der Waals surface area (Å²) in [5.74, 6) is 0. The Kier molecular flexibility index (Phi) is 3.10. The van der Waals surface area contributed by atoms with E-state index < -0.39 is 0 Å². The number of hydrogen-bond donors (Lipinski definition) is 1. The first-order chi connectivity index (χ1) is 10.8. The molecule has 0 radical (unpaired) electrons. The maximum Gasteiger partial charge on any atom is 0.138 e. The van der Waals surface area contributed by atoms with Crippen LogP contribution in [-0.2, 0) is 6.61 Å². The van der Waals surface area contributed by atoms with Crippen molar-refractivity contribution < 1.29 is 5.11 Å². The molecule has 0 fully saturated rings. The van der Waals surface area contributed by atoms with Crippen LogP contribution in [0.2, 0.25) is 5.02 Å². The van der Waals surface area contributed by atoms with E-state index >= 15 is 0 Å². The van der Waals surface area contributed by atoms with E-state index in [2.05, 4.69) is 6.07 Å². The molecule has 2 aromatic carbocycles. The van der Waals surface area contributed by atoms with Crippen LogP contribution in [0.4, 0.5) is 0 Å². The third-order valence-electron chi connectivity index (χ3n) is 3.86. The lowest BCUT2D eigenvalue weighted by atomic mass is 10.1. The normalized spacial score (nSPS) is 11.4. The summed E-state index contributed by atoms with van der Waals surface area (Å²) in [7, 11) is 0. The molecule has 108 valence electrons. The molecule has 0 aliphatic carbocycles. The molecule has 2 aromatic heterocycles. The molecule has 0 amide bonds. The van der Waals surface area contributed by atoms with Crippen molar-refractivity contribution in [3.05, 3.63) is 71.4 Å². The van der Waals surface area contributed by atoms with Crippen LogP contribution < -0.4 is 0 Å². The fourth-order valence-corrected chi connectivity index (χ4v) is 2.96. The molecule has 4 heteroatoms. The number of hydrogen-bond acceptors (Lipinski definition) is 2.